The molecule has 118 valence electrons. The molecule has 1 N–H and O–H groups in total. The third-order valence-electron chi connectivity index (χ3n) is 3.29. The highest BCUT2D eigenvalue weighted by Crippen LogP contribution is 2.24. The number of pyridine rings is 1. The minimum atomic E-state index is -0.132. The van der Waals surface area contributed by atoms with E-state index in [0.717, 1.165) is 5.56 Å². The van der Waals surface area contributed by atoms with E-state index in [-0.39, 0.29) is 11.8 Å². The van der Waals surface area contributed by atoms with Gasteiger partial charge in [-0.1, -0.05) is 0 Å². The summed E-state index contributed by atoms with van der Waals surface area (Å²) in [7, 11) is 0. The number of hydrogen-bond donors (Lipinski definition) is 1. The fraction of sp³-hybridized carbons (Fsp3) is 0.0556. The number of ether oxygens (including phenoxy) is 1. The molecule has 0 fully saturated rings. The molecule has 1 amide bonds. The maximum atomic E-state index is 12.2. The number of anilines is 1. The molecule has 2 heterocycles. The van der Waals surface area contributed by atoms with E-state index in [9.17, 15) is 4.79 Å². The van der Waals surface area contributed by atoms with Gasteiger partial charge in [-0.2, -0.15) is 5.26 Å². The van der Waals surface area contributed by atoms with E-state index in [1.165, 1.54) is 11.3 Å². The number of hydrogen-bond acceptors (Lipinski definition) is 5. The molecule has 5 nitrogen and oxygen atoms in total. The first-order chi connectivity index (χ1) is 11.7. The van der Waals surface area contributed by atoms with Crippen molar-refractivity contribution in [3.8, 4) is 17.7 Å². The van der Waals surface area contributed by atoms with Gasteiger partial charge in [0.25, 0.3) is 5.91 Å². The van der Waals surface area contributed by atoms with Crippen LogP contribution in [0.15, 0.2) is 54.0 Å². The summed E-state index contributed by atoms with van der Waals surface area (Å²) < 4.78 is 5.61. The first kappa shape index (κ1) is 15.7. The molecular formula is C18H13N3O2S. The van der Waals surface area contributed by atoms with E-state index >= 15 is 0 Å². The molecule has 0 aliphatic heterocycles. The van der Waals surface area contributed by atoms with Gasteiger partial charge in [0.2, 0.25) is 5.88 Å². The largest absolute Gasteiger partial charge is 0.438 e. The van der Waals surface area contributed by atoms with Gasteiger partial charge >= 0.3 is 0 Å². The molecule has 0 bridgehead atoms. The predicted molar refractivity (Wildman–Crippen MR) is 92.5 cm³/mol. The number of nitrogens with zero attached hydrogens (tertiary/aromatic N) is 2. The number of aromatic nitrogens is 1. The Hall–Kier alpha value is -3.17. The Kier molecular flexibility index (Phi) is 4.54. The zero-order valence-corrected chi connectivity index (χ0v) is 13.6. The lowest BCUT2D eigenvalue weighted by atomic mass is 10.2. The van der Waals surface area contributed by atoms with Crippen LogP contribution in [0.5, 0.6) is 11.6 Å². The van der Waals surface area contributed by atoms with Crippen LogP contribution in [-0.4, -0.2) is 10.9 Å². The van der Waals surface area contributed by atoms with Crippen molar-refractivity contribution in [1.82, 2.24) is 4.98 Å². The van der Waals surface area contributed by atoms with Gasteiger partial charge in [0.05, 0.1) is 4.88 Å². The standard InChI is InChI=1S/C18H13N3O2S/c1-12-8-10-24-16(12)17(22)21-14-4-6-15(7-5-14)23-18-13(11-19)3-2-9-20-18/h2-10H,1H3,(H,21,22). The van der Waals surface area contributed by atoms with Gasteiger partial charge in [-0.15, -0.1) is 11.3 Å². The lowest BCUT2D eigenvalue weighted by Gasteiger charge is -2.08. The zero-order chi connectivity index (χ0) is 16.9. The highest BCUT2D eigenvalue weighted by molar-refractivity contribution is 7.12. The van der Waals surface area contributed by atoms with Gasteiger partial charge < -0.3 is 10.1 Å². The average molecular weight is 335 g/mol. The van der Waals surface area contributed by atoms with E-state index < -0.39 is 0 Å². The second-order valence-electron chi connectivity index (χ2n) is 4.98. The lowest BCUT2D eigenvalue weighted by molar-refractivity contribution is 0.103. The molecule has 0 aliphatic carbocycles. The monoisotopic (exact) mass is 335 g/mol. The topological polar surface area (TPSA) is 75.0 Å². The van der Waals surface area contributed by atoms with Crippen LogP contribution in [0, 0.1) is 18.3 Å². The van der Waals surface area contributed by atoms with Crippen LogP contribution in [0.25, 0.3) is 0 Å². The quantitative estimate of drug-likeness (QED) is 0.768. The molecule has 0 atom stereocenters. The summed E-state index contributed by atoms with van der Waals surface area (Å²) in [4.78, 5) is 16.9. The normalized spacial score (nSPS) is 10.0. The van der Waals surface area contributed by atoms with Crippen molar-refractivity contribution in [3.63, 3.8) is 0 Å². The fourth-order valence-electron chi connectivity index (χ4n) is 2.07. The summed E-state index contributed by atoms with van der Waals surface area (Å²) >= 11 is 1.41. The maximum Gasteiger partial charge on any atom is 0.265 e. The molecule has 0 saturated carbocycles. The summed E-state index contributed by atoms with van der Waals surface area (Å²) in [6, 6.07) is 14.2. The van der Waals surface area contributed by atoms with Crippen molar-refractivity contribution in [2.45, 2.75) is 6.92 Å². The van der Waals surface area contributed by atoms with Gasteiger partial charge in [0.15, 0.2) is 0 Å². The van der Waals surface area contributed by atoms with E-state index in [0.29, 0.717) is 21.9 Å². The first-order valence-corrected chi connectivity index (χ1v) is 8.04. The van der Waals surface area contributed by atoms with Crippen LogP contribution < -0.4 is 10.1 Å². The molecule has 3 aromatic rings. The number of carbonyl (C=O) groups is 1. The van der Waals surface area contributed by atoms with Gasteiger partial charge in [0.1, 0.15) is 17.4 Å². The first-order valence-electron chi connectivity index (χ1n) is 7.16. The molecule has 0 aliphatic rings. The third-order valence-corrected chi connectivity index (χ3v) is 4.30. The van der Waals surface area contributed by atoms with Crippen molar-refractivity contribution < 1.29 is 9.53 Å². The molecule has 3 rings (SSSR count). The van der Waals surface area contributed by atoms with Gasteiger partial charge in [-0.05, 0) is 60.3 Å². The van der Waals surface area contributed by atoms with Crippen molar-refractivity contribution in [1.29, 1.82) is 5.26 Å². The van der Waals surface area contributed by atoms with Crippen LogP contribution in [0.3, 0.4) is 0 Å². The summed E-state index contributed by atoms with van der Waals surface area (Å²) in [6.07, 6.45) is 1.56. The SMILES string of the molecule is Cc1ccsc1C(=O)Nc1ccc(Oc2ncccc2C#N)cc1. The number of aryl methyl sites for hydroxylation is 1. The van der Waals surface area contributed by atoms with Crippen LogP contribution in [-0.2, 0) is 0 Å². The molecular weight excluding hydrogens is 322 g/mol. The Morgan fingerprint density at radius 2 is 2.04 bits per heavy atom. The van der Waals surface area contributed by atoms with Crippen molar-refractivity contribution in [2.24, 2.45) is 0 Å². The van der Waals surface area contributed by atoms with E-state index in [1.807, 2.05) is 24.4 Å². The van der Waals surface area contributed by atoms with Crippen molar-refractivity contribution >= 4 is 22.9 Å². The Balaban J connectivity index is 1.71. The highest BCUT2D eigenvalue weighted by atomic mass is 32.1. The predicted octanol–water partition coefficient (Wildman–Crippen LogP) is 4.37. The minimum absolute atomic E-state index is 0.132. The van der Waals surface area contributed by atoms with Crippen molar-refractivity contribution in [2.75, 3.05) is 5.32 Å². The van der Waals surface area contributed by atoms with Gasteiger partial charge in [-0.25, -0.2) is 4.98 Å². The molecule has 24 heavy (non-hydrogen) atoms. The summed E-state index contributed by atoms with van der Waals surface area (Å²) in [6.45, 7) is 1.90. The summed E-state index contributed by atoms with van der Waals surface area (Å²) in [5.74, 6) is 0.661. The molecule has 0 unspecified atom stereocenters. The number of carbonyl (C=O) groups excluding carboxylic acids is 1. The molecule has 1 aromatic carbocycles. The third kappa shape index (κ3) is 3.42. The number of nitrogens with one attached hydrogen (secondary N) is 1. The maximum absolute atomic E-state index is 12.2. The smallest absolute Gasteiger partial charge is 0.265 e. The minimum Gasteiger partial charge on any atom is -0.438 e. The Labute approximate surface area is 143 Å². The van der Waals surface area contributed by atoms with Crippen LogP contribution >= 0.6 is 11.3 Å². The highest BCUT2D eigenvalue weighted by Gasteiger charge is 2.11. The Bertz CT molecular complexity index is 911. The summed E-state index contributed by atoms with van der Waals surface area (Å²) in [5.41, 5.74) is 1.99. The van der Waals surface area contributed by atoms with Gasteiger partial charge in [-0.3, -0.25) is 4.79 Å². The number of amides is 1. The molecule has 2 aromatic heterocycles. The Morgan fingerprint density at radius 3 is 2.71 bits per heavy atom. The Morgan fingerprint density at radius 1 is 1.25 bits per heavy atom. The number of nitriles is 1. The second-order valence-corrected chi connectivity index (χ2v) is 5.90. The zero-order valence-electron chi connectivity index (χ0n) is 12.8. The number of benzene rings is 1. The molecule has 6 heteroatoms. The molecule has 0 spiro atoms. The van der Waals surface area contributed by atoms with E-state index in [1.54, 1.807) is 42.6 Å². The van der Waals surface area contributed by atoms with Crippen LogP contribution in [0.2, 0.25) is 0 Å². The number of rotatable bonds is 4. The van der Waals surface area contributed by atoms with E-state index in [4.69, 9.17) is 10.00 Å². The summed E-state index contributed by atoms with van der Waals surface area (Å²) in [5, 5.41) is 13.8. The molecule has 0 radical (unpaired) electrons. The van der Waals surface area contributed by atoms with Crippen molar-refractivity contribution in [3.05, 3.63) is 70.0 Å². The fourth-order valence-corrected chi connectivity index (χ4v) is 2.89. The average Bonchev–Trinajstić information content (AvgIpc) is 3.03. The second kappa shape index (κ2) is 6.94. The lowest BCUT2D eigenvalue weighted by Crippen LogP contribution is -2.11. The van der Waals surface area contributed by atoms with E-state index in [2.05, 4.69) is 10.3 Å². The molecule has 0 saturated heterocycles. The number of thiophene rings is 1. The van der Waals surface area contributed by atoms with Crippen LogP contribution in [0.4, 0.5) is 5.69 Å². The van der Waals surface area contributed by atoms with Crippen LogP contribution in [0.1, 0.15) is 20.8 Å². The van der Waals surface area contributed by atoms with Gasteiger partial charge in [0, 0.05) is 11.9 Å².